The highest BCUT2D eigenvalue weighted by Gasteiger charge is 2.24. The fraction of sp³-hybridized carbons (Fsp3) is 0.250. The quantitative estimate of drug-likeness (QED) is 0.615. The minimum absolute atomic E-state index is 0.0615. The van der Waals surface area contributed by atoms with Crippen molar-refractivity contribution >= 4 is 16.9 Å². The first-order valence-electron chi connectivity index (χ1n) is 8.06. The summed E-state index contributed by atoms with van der Waals surface area (Å²) < 4.78 is 22.0. The standard InChI is InChI=1S/C20H20O5/c1-13(2)24-18-16-11-15(23-12-14-7-5-4-6-8-14)9-10-17(16)25-19(18)20(21)22-3/h4-11,13H,12H2,1-3H3. The van der Waals surface area contributed by atoms with E-state index in [1.807, 2.05) is 50.2 Å². The van der Waals surface area contributed by atoms with E-state index in [2.05, 4.69) is 0 Å². The van der Waals surface area contributed by atoms with Crippen LogP contribution in [-0.2, 0) is 11.3 Å². The number of ether oxygens (including phenoxy) is 3. The molecule has 5 nitrogen and oxygen atoms in total. The molecule has 0 fully saturated rings. The summed E-state index contributed by atoms with van der Waals surface area (Å²) in [4.78, 5) is 12.0. The van der Waals surface area contributed by atoms with Crippen LogP contribution in [0.15, 0.2) is 52.9 Å². The van der Waals surface area contributed by atoms with Crippen LogP contribution in [0.25, 0.3) is 11.0 Å². The van der Waals surface area contributed by atoms with Crippen LogP contribution in [0.3, 0.4) is 0 Å². The van der Waals surface area contributed by atoms with Crippen LogP contribution in [-0.4, -0.2) is 19.2 Å². The summed E-state index contributed by atoms with van der Waals surface area (Å²) >= 11 is 0. The van der Waals surface area contributed by atoms with Gasteiger partial charge in [-0.05, 0) is 37.6 Å². The number of carbonyl (C=O) groups is 1. The molecule has 0 saturated heterocycles. The van der Waals surface area contributed by atoms with E-state index in [1.165, 1.54) is 7.11 Å². The smallest absolute Gasteiger partial charge is 0.377 e. The Morgan fingerprint density at radius 1 is 1.12 bits per heavy atom. The minimum atomic E-state index is -0.571. The Labute approximate surface area is 146 Å². The summed E-state index contributed by atoms with van der Waals surface area (Å²) in [7, 11) is 1.31. The van der Waals surface area contributed by atoms with E-state index >= 15 is 0 Å². The Bertz CT molecular complexity index is 864. The topological polar surface area (TPSA) is 57.9 Å². The molecular weight excluding hydrogens is 320 g/mol. The molecule has 25 heavy (non-hydrogen) atoms. The molecule has 0 bridgehead atoms. The summed E-state index contributed by atoms with van der Waals surface area (Å²) in [6.07, 6.45) is -0.113. The van der Waals surface area contributed by atoms with Gasteiger partial charge in [-0.15, -0.1) is 0 Å². The molecule has 0 N–H and O–H groups in total. The van der Waals surface area contributed by atoms with Crippen molar-refractivity contribution in [3.05, 3.63) is 59.9 Å². The molecule has 0 atom stereocenters. The van der Waals surface area contributed by atoms with E-state index in [0.29, 0.717) is 29.1 Å². The molecule has 0 unspecified atom stereocenters. The van der Waals surface area contributed by atoms with Crippen molar-refractivity contribution < 1.29 is 23.4 Å². The predicted molar refractivity (Wildman–Crippen MR) is 94.1 cm³/mol. The van der Waals surface area contributed by atoms with Gasteiger partial charge in [0.25, 0.3) is 5.76 Å². The average molecular weight is 340 g/mol. The second kappa shape index (κ2) is 7.30. The Morgan fingerprint density at radius 3 is 2.56 bits per heavy atom. The first-order chi connectivity index (χ1) is 12.1. The molecule has 5 heteroatoms. The third kappa shape index (κ3) is 3.76. The zero-order chi connectivity index (χ0) is 17.8. The maximum atomic E-state index is 12.0. The molecule has 0 radical (unpaired) electrons. The van der Waals surface area contributed by atoms with Gasteiger partial charge in [0.15, 0.2) is 5.75 Å². The lowest BCUT2D eigenvalue weighted by Crippen LogP contribution is -2.09. The molecular formula is C20H20O5. The van der Waals surface area contributed by atoms with Gasteiger partial charge < -0.3 is 18.6 Å². The number of hydrogen-bond acceptors (Lipinski definition) is 5. The highest BCUT2D eigenvalue weighted by atomic mass is 16.5. The number of rotatable bonds is 6. The normalized spacial score (nSPS) is 10.9. The number of fused-ring (bicyclic) bond motifs is 1. The van der Waals surface area contributed by atoms with Crippen molar-refractivity contribution in [3.63, 3.8) is 0 Å². The van der Waals surface area contributed by atoms with E-state index in [0.717, 1.165) is 5.56 Å². The van der Waals surface area contributed by atoms with Crippen molar-refractivity contribution in [2.75, 3.05) is 7.11 Å². The summed E-state index contributed by atoms with van der Waals surface area (Å²) in [5.74, 6) is 0.536. The van der Waals surface area contributed by atoms with Crippen molar-refractivity contribution in [1.29, 1.82) is 0 Å². The highest BCUT2D eigenvalue weighted by Crippen LogP contribution is 2.36. The van der Waals surface area contributed by atoms with Gasteiger partial charge >= 0.3 is 5.97 Å². The van der Waals surface area contributed by atoms with Crippen molar-refractivity contribution in [1.82, 2.24) is 0 Å². The average Bonchev–Trinajstić information content (AvgIpc) is 2.97. The summed E-state index contributed by atoms with van der Waals surface area (Å²) in [6.45, 7) is 4.22. The Hall–Kier alpha value is -2.95. The highest BCUT2D eigenvalue weighted by molar-refractivity contribution is 5.99. The second-order valence-corrected chi connectivity index (χ2v) is 5.85. The largest absolute Gasteiger partial charge is 0.489 e. The molecule has 0 amide bonds. The third-order valence-electron chi connectivity index (χ3n) is 3.59. The van der Waals surface area contributed by atoms with Gasteiger partial charge in [-0.1, -0.05) is 30.3 Å². The molecule has 130 valence electrons. The lowest BCUT2D eigenvalue weighted by atomic mass is 10.2. The van der Waals surface area contributed by atoms with Crippen molar-refractivity contribution in [2.24, 2.45) is 0 Å². The Morgan fingerprint density at radius 2 is 1.88 bits per heavy atom. The monoisotopic (exact) mass is 340 g/mol. The predicted octanol–water partition coefficient (Wildman–Crippen LogP) is 4.59. The van der Waals surface area contributed by atoms with Crippen LogP contribution in [0.5, 0.6) is 11.5 Å². The first-order valence-corrected chi connectivity index (χ1v) is 8.06. The van der Waals surface area contributed by atoms with Crippen LogP contribution in [0, 0.1) is 0 Å². The number of esters is 1. The summed E-state index contributed by atoms with van der Waals surface area (Å²) in [5.41, 5.74) is 1.62. The van der Waals surface area contributed by atoms with E-state index in [-0.39, 0.29) is 11.9 Å². The SMILES string of the molecule is COC(=O)c1oc2ccc(OCc3ccccc3)cc2c1OC(C)C. The lowest BCUT2D eigenvalue weighted by molar-refractivity contribution is 0.0559. The molecule has 0 aliphatic carbocycles. The van der Waals surface area contributed by atoms with Gasteiger partial charge in [0.1, 0.15) is 17.9 Å². The van der Waals surface area contributed by atoms with E-state index in [4.69, 9.17) is 18.6 Å². The molecule has 0 aliphatic heterocycles. The molecule has 0 spiro atoms. The number of furan rings is 1. The first kappa shape index (κ1) is 16.9. The number of methoxy groups -OCH3 is 1. The van der Waals surface area contributed by atoms with E-state index in [9.17, 15) is 4.79 Å². The van der Waals surface area contributed by atoms with Gasteiger partial charge in [0.2, 0.25) is 0 Å². The number of benzene rings is 2. The number of hydrogen-bond donors (Lipinski definition) is 0. The third-order valence-corrected chi connectivity index (χ3v) is 3.59. The molecule has 2 aromatic carbocycles. The van der Waals surface area contributed by atoms with E-state index in [1.54, 1.807) is 12.1 Å². The fourth-order valence-electron chi connectivity index (χ4n) is 2.46. The fourth-order valence-corrected chi connectivity index (χ4v) is 2.46. The molecule has 1 heterocycles. The second-order valence-electron chi connectivity index (χ2n) is 5.85. The minimum Gasteiger partial charge on any atom is -0.489 e. The van der Waals surface area contributed by atoms with Gasteiger partial charge in [-0.3, -0.25) is 0 Å². The van der Waals surface area contributed by atoms with Crippen LogP contribution >= 0.6 is 0 Å². The van der Waals surface area contributed by atoms with E-state index < -0.39 is 5.97 Å². The maximum absolute atomic E-state index is 12.0. The van der Waals surface area contributed by atoms with Gasteiger partial charge in [0, 0.05) is 0 Å². The molecule has 3 rings (SSSR count). The Kier molecular flexibility index (Phi) is 4.93. The summed E-state index contributed by atoms with van der Waals surface area (Å²) in [6, 6.07) is 15.3. The van der Waals surface area contributed by atoms with Crippen LogP contribution in [0.2, 0.25) is 0 Å². The van der Waals surface area contributed by atoms with Gasteiger partial charge in [-0.25, -0.2) is 4.79 Å². The molecule has 0 aliphatic rings. The van der Waals surface area contributed by atoms with Crippen LogP contribution in [0.4, 0.5) is 0 Å². The van der Waals surface area contributed by atoms with Gasteiger partial charge in [0.05, 0.1) is 18.6 Å². The lowest BCUT2D eigenvalue weighted by Gasteiger charge is -2.10. The van der Waals surface area contributed by atoms with Crippen LogP contribution < -0.4 is 9.47 Å². The number of carbonyl (C=O) groups excluding carboxylic acids is 1. The van der Waals surface area contributed by atoms with Crippen molar-refractivity contribution in [2.45, 2.75) is 26.6 Å². The van der Waals surface area contributed by atoms with Gasteiger partial charge in [-0.2, -0.15) is 0 Å². The zero-order valence-electron chi connectivity index (χ0n) is 14.4. The molecule has 0 saturated carbocycles. The van der Waals surface area contributed by atoms with Crippen LogP contribution in [0.1, 0.15) is 30.0 Å². The van der Waals surface area contributed by atoms with Crippen molar-refractivity contribution in [3.8, 4) is 11.5 Å². The molecule has 3 aromatic rings. The maximum Gasteiger partial charge on any atom is 0.377 e. The zero-order valence-corrected chi connectivity index (χ0v) is 14.4. The molecule has 1 aromatic heterocycles. The summed E-state index contributed by atoms with van der Waals surface area (Å²) in [5, 5.41) is 0.680. The Balaban J connectivity index is 1.93.